The van der Waals surface area contributed by atoms with E-state index in [1.807, 2.05) is 0 Å². The molecule has 0 aliphatic rings. The molecule has 7 rings (SSSR count). The number of benzene rings is 5. The SMILES string of the molecule is Cc1ccc2c3ccc(C)cc3n(-c3ccc(-n4c5ccccc5c5ccccc54)cc3)c2c1. The zero-order valence-electron chi connectivity index (χ0n) is 19.3. The number of hydrogen-bond acceptors (Lipinski definition) is 0. The van der Waals surface area contributed by atoms with E-state index in [2.05, 4.69) is 132 Å². The van der Waals surface area contributed by atoms with E-state index in [1.165, 1.54) is 66.1 Å². The Kier molecular flexibility index (Phi) is 4.01. The average molecular weight is 437 g/mol. The second-order valence-corrected chi connectivity index (χ2v) is 9.26. The third-order valence-electron chi connectivity index (χ3n) is 7.02. The predicted octanol–water partition coefficient (Wildman–Crippen LogP) is 8.50. The van der Waals surface area contributed by atoms with Gasteiger partial charge in [0.2, 0.25) is 0 Å². The molecule has 0 fully saturated rings. The Hall–Kier alpha value is -4.30. The van der Waals surface area contributed by atoms with E-state index in [0.29, 0.717) is 0 Å². The van der Waals surface area contributed by atoms with Crippen LogP contribution in [0.4, 0.5) is 0 Å². The monoisotopic (exact) mass is 436 g/mol. The summed E-state index contributed by atoms with van der Waals surface area (Å²) in [6, 6.07) is 39.8. The maximum Gasteiger partial charge on any atom is 0.0543 e. The highest BCUT2D eigenvalue weighted by molar-refractivity contribution is 6.10. The molecule has 0 atom stereocenters. The molecule has 2 aromatic heterocycles. The second-order valence-electron chi connectivity index (χ2n) is 9.26. The van der Waals surface area contributed by atoms with Crippen LogP contribution in [0.2, 0.25) is 0 Å². The Morgan fingerprint density at radius 1 is 0.382 bits per heavy atom. The van der Waals surface area contributed by atoms with Crippen LogP contribution in [0.5, 0.6) is 0 Å². The molecule has 0 unspecified atom stereocenters. The lowest BCUT2D eigenvalue weighted by atomic mass is 10.1. The number of aromatic nitrogens is 2. The number of aryl methyl sites for hydroxylation is 2. The first kappa shape index (κ1) is 19.2. The fourth-order valence-electron chi connectivity index (χ4n) is 5.47. The maximum absolute atomic E-state index is 2.40. The normalized spacial score (nSPS) is 11.8. The molecule has 0 aliphatic heterocycles. The third-order valence-corrected chi connectivity index (χ3v) is 7.02. The molecule has 34 heavy (non-hydrogen) atoms. The van der Waals surface area contributed by atoms with Crippen LogP contribution in [-0.4, -0.2) is 9.13 Å². The van der Waals surface area contributed by atoms with E-state index in [-0.39, 0.29) is 0 Å². The fraction of sp³-hybridized carbons (Fsp3) is 0.0625. The minimum atomic E-state index is 1.18. The molecular weight excluding hydrogens is 412 g/mol. The number of rotatable bonds is 2. The molecule has 0 saturated carbocycles. The molecule has 0 spiro atoms. The van der Waals surface area contributed by atoms with Crippen molar-refractivity contribution in [2.45, 2.75) is 13.8 Å². The smallest absolute Gasteiger partial charge is 0.0543 e. The lowest BCUT2D eigenvalue weighted by Gasteiger charge is -2.12. The summed E-state index contributed by atoms with van der Waals surface area (Å²) < 4.78 is 4.77. The van der Waals surface area contributed by atoms with E-state index in [0.717, 1.165) is 0 Å². The Morgan fingerprint density at radius 3 is 1.24 bits per heavy atom. The van der Waals surface area contributed by atoms with Gasteiger partial charge in [-0.1, -0.05) is 60.7 Å². The number of hydrogen-bond donors (Lipinski definition) is 0. The minimum Gasteiger partial charge on any atom is -0.309 e. The zero-order valence-corrected chi connectivity index (χ0v) is 19.3. The molecule has 5 aromatic carbocycles. The van der Waals surface area contributed by atoms with Gasteiger partial charge in [-0.25, -0.2) is 0 Å². The molecular formula is C32H24N2. The number of para-hydroxylation sites is 2. The predicted molar refractivity (Wildman–Crippen MR) is 145 cm³/mol. The maximum atomic E-state index is 2.40. The van der Waals surface area contributed by atoms with E-state index in [4.69, 9.17) is 0 Å². The highest BCUT2D eigenvalue weighted by Crippen LogP contribution is 2.35. The minimum absolute atomic E-state index is 1.18. The van der Waals surface area contributed by atoms with Crippen molar-refractivity contribution in [3.05, 3.63) is 120 Å². The van der Waals surface area contributed by atoms with Crippen molar-refractivity contribution in [1.29, 1.82) is 0 Å². The Bertz CT molecular complexity index is 1750. The summed E-state index contributed by atoms with van der Waals surface area (Å²) in [4.78, 5) is 0. The van der Waals surface area contributed by atoms with E-state index >= 15 is 0 Å². The number of fused-ring (bicyclic) bond motifs is 6. The summed E-state index contributed by atoms with van der Waals surface area (Å²) in [5.74, 6) is 0. The third kappa shape index (κ3) is 2.69. The van der Waals surface area contributed by atoms with Crippen LogP contribution in [0.15, 0.2) is 109 Å². The van der Waals surface area contributed by atoms with Crippen molar-refractivity contribution in [1.82, 2.24) is 9.13 Å². The Labute approximate surface area is 198 Å². The second kappa shape index (κ2) is 7.10. The number of nitrogens with zero attached hydrogens (tertiary/aromatic N) is 2. The summed E-state index contributed by atoms with van der Waals surface area (Å²) in [7, 11) is 0. The molecule has 7 aromatic rings. The lowest BCUT2D eigenvalue weighted by Crippen LogP contribution is -1.97. The van der Waals surface area contributed by atoms with Gasteiger partial charge in [0.15, 0.2) is 0 Å². The molecule has 162 valence electrons. The quantitative estimate of drug-likeness (QED) is 0.257. The molecule has 0 saturated heterocycles. The van der Waals surface area contributed by atoms with Crippen molar-refractivity contribution in [2.75, 3.05) is 0 Å². The van der Waals surface area contributed by atoms with Crippen LogP contribution < -0.4 is 0 Å². The molecule has 0 aliphatic carbocycles. The van der Waals surface area contributed by atoms with Gasteiger partial charge in [0, 0.05) is 32.9 Å². The molecule has 2 heterocycles. The van der Waals surface area contributed by atoms with Crippen LogP contribution in [0.1, 0.15) is 11.1 Å². The lowest BCUT2D eigenvalue weighted by molar-refractivity contribution is 1.14. The fourth-order valence-corrected chi connectivity index (χ4v) is 5.47. The van der Waals surface area contributed by atoms with Crippen LogP contribution in [-0.2, 0) is 0 Å². The van der Waals surface area contributed by atoms with Crippen molar-refractivity contribution < 1.29 is 0 Å². The van der Waals surface area contributed by atoms with E-state index in [9.17, 15) is 0 Å². The van der Waals surface area contributed by atoms with Gasteiger partial charge in [-0.3, -0.25) is 0 Å². The van der Waals surface area contributed by atoms with Gasteiger partial charge < -0.3 is 9.13 Å². The highest BCUT2D eigenvalue weighted by Gasteiger charge is 2.14. The van der Waals surface area contributed by atoms with Crippen LogP contribution >= 0.6 is 0 Å². The Balaban J connectivity index is 1.47. The van der Waals surface area contributed by atoms with Crippen molar-refractivity contribution in [3.63, 3.8) is 0 Å². The van der Waals surface area contributed by atoms with Gasteiger partial charge in [0.05, 0.1) is 22.1 Å². The van der Waals surface area contributed by atoms with Gasteiger partial charge in [-0.2, -0.15) is 0 Å². The van der Waals surface area contributed by atoms with Crippen LogP contribution in [0.25, 0.3) is 55.0 Å². The van der Waals surface area contributed by atoms with Gasteiger partial charge in [0.1, 0.15) is 0 Å². The molecule has 2 heteroatoms. The summed E-state index contributed by atoms with van der Waals surface area (Å²) in [6.07, 6.45) is 0. The van der Waals surface area contributed by atoms with Gasteiger partial charge >= 0.3 is 0 Å². The van der Waals surface area contributed by atoms with Gasteiger partial charge in [0.25, 0.3) is 0 Å². The first-order chi connectivity index (χ1) is 16.7. The summed E-state index contributed by atoms with van der Waals surface area (Å²) in [6.45, 7) is 4.33. The molecule has 0 radical (unpaired) electrons. The Morgan fingerprint density at radius 2 is 0.765 bits per heavy atom. The standard InChI is InChI=1S/C32H24N2/c1-21-11-17-27-28-18-12-22(2)20-32(28)34(31(27)19-21)24-15-13-23(14-16-24)33-29-9-5-3-7-25(29)26-8-4-6-10-30(26)33/h3-20H,1-2H3. The highest BCUT2D eigenvalue weighted by atomic mass is 15.0. The first-order valence-corrected chi connectivity index (χ1v) is 11.8. The van der Waals surface area contributed by atoms with E-state index in [1.54, 1.807) is 0 Å². The van der Waals surface area contributed by atoms with Crippen LogP contribution in [0.3, 0.4) is 0 Å². The average Bonchev–Trinajstić information content (AvgIpc) is 3.36. The van der Waals surface area contributed by atoms with Gasteiger partial charge in [-0.05, 0) is 73.5 Å². The zero-order chi connectivity index (χ0) is 22.8. The largest absolute Gasteiger partial charge is 0.309 e. The summed E-state index contributed by atoms with van der Waals surface area (Å²) in [5, 5.41) is 5.17. The van der Waals surface area contributed by atoms with Crippen molar-refractivity contribution in [3.8, 4) is 11.4 Å². The summed E-state index contributed by atoms with van der Waals surface area (Å²) >= 11 is 0. The van der Waals surface area contributed by atoms with Crippen molar-refractivity contribution in [2.24, 2.45) is 0 Å². The molecule has 0 amide bonds. The molecule has 0 N–H and O–H groups in total. The van der Waals surface area contributed by atoms with Crippen LogP contribution in [0, 0.1) is 13.8 Å². The molecule has 0 bridgehead atoms. The first-order valence-electron chi connectivity index (χ1n) is 11.8. The molecule has 2 nitrogen and oxygen atoms in total. The summed E-state index contributed by atoms with van der Waals surface area (Å²) in [5.41, 5.74) is 9.88. The topological polar surface area (TPSA) is 9.86 Å². The van der Waals surface area contributed by atoms with Crippen molar-refractivity contribution >= 4 is 43.6 Å². The van der Waals surface area contributed by atoms with Gasteiger partial charge in [-0.15, -0.1) is 0 Å². The van der Waals surface area contributed by atoms with E-state index < -0.39 is 0 Å².